The second-order valence-electron chi connectivity index (χ2n) is 5.89. The molecule has 1 fully saturated rings. The molecule has 0 spiro atoms. The Balaban J connectivity index is 2.07. The third kappa shape index (κ3) is 5.29. The fraction of sp³-hybridized carbons (Fsp3) is 0.500. The standard InChI is InChI=1S/C18H23NO6/c1-23-17(21)13-4-5-14(18(22)24-2)15(11-13)19-16(20)6-3-12-7-9-25-10-8-12/h4-5,11-12H,3,6-10H2,1-2H3,(H,19,20). The lowest BCUT2D eigenvalue weighted by Gasteiger charge is -2.21. The minimum Gasteiger partial charge on any atom is -0.465 e. The second kappa shape index (κ2) is 9.17. The summed E-state index contributed by atoms with van der Waals surface area (Å²) in [5, 5.41) is 2.71. The molecule has 1 aliphatic rings. The van der Waals surface area contributed by atoms with Crippen molar-refractivity contribution in [1.82, 2.24) is 0 Å². The first-order valence-electron chi connectivity index (χ1n) is 8.23. The van der Waals surface area contributed by atoms with Gasteiger partial charge in [0.1, 0.15) is 0 Å². The molecule has 25 heavy (non-hydrogen) atoms. The minimum atomic E-state index is -0.587. The maximum absolute atomic E-state index is 12.3. The van der Waals surface area contributed by atoms with Crippen molar-refractivity contribution in [2.75, 3.05) is 32.8 Å². The van der Waals surface area contributed by atoms with Crippen molar-refractivity contribution in [3.05, 3.63) is 29.3 Å². The van der Waals surface area contributed by atoms with Gasteiger partial charge < -0.3 is 19.5 Å². The van der Waals surface area contributed by atoms with Gasteiger partial charge >= 0.3 is 11.9 Å². The van der Waals surface area contributed by atoms with Crippen molar-refractivity contribution < 1.29 is 28.6 Å². The van der Waals surface area contributed by atoms with Gasteiger partial charge in [0.25, 0.3) is 0 Å². The van der Waals surface area contributed by atoms with E-state index in [0.29, 0.717) is 12.3 Å². The Bertz CT molecular complexity index is 636. The summed E-state index contributed by atoms with van der Waals surface area (Å²) in [5.41, 5.74) is 0.677. The first kappa shape index (κ1) is 18.9. The summed E-state index contributed by atoms with van der Waals surface area (Å²) >= 11 is 0. The monoisotopic (exact) mass is 349 g/mol. The normalized spacial score (nSPS) is 14.6. The van der Waals surface area contributed by atoms with Gasteiger partial charge in [-0.25, -0.2) is 9.59 Å². The summed E-state index contributed by atoms with van der Waals surface area (Å²) in [4.78, 5) is 35.8. The molecule has 1 aliphatic heterocycles. The predicted octanol–water partition coefficient (Wildman–Crippen LogP) is 2.41. The van der Waals surface area contributed by atoms with E-state index in [0.717, 1.165) is 32.5 Å². The molecule has 0 atom stereocenters. The van der Waals surface area contributed by atoms with Crippen LogP contribution in [0.5, 0.6) is 0 Å². The van der Waals surface area contributed by atoms with E-state index in [-0.39, 0.29) is 22.7 Å². The van der Waals surface area contributed by atoms with Crippen LogP contribution >= 0.6 is 0 Å². The lowest BCUT2D eigenvalue weighted by Crippen LogP contribution is -2.20. The number of benzene rings is 1. The van der Waals surface area contributed by atoms with Gasteiger partial charge in [0.2, 0.25) is 5.91 Å². The molecule has 0 bridgehead atoms. The number of hydrogen-bond acceptors (Lipinski definition) is 6. The van der Waals surface area contributed by atoms with E-state index in [4.69, 9.17) is 9.47 Å². The molecule has 1 aromatic rings. The third-order valence-corrected chi connectivity index (χ3v) is 4.24. The molecule has 1 heterocycles. The van der Waals surface area contributed by atoms with Gasteiger partial charge in [-0.1, -0.05) is 0 Å². The number of ether oxygens (including phenoxy) is 3. The molecule has 0 aliphatic carbocycles. The van der Waals surface area contributed by atoms with Gasteiger partial charge in [-0.2, -0.15) is 0 Å². The second-order valence-corrected chi connectivity index (χ2v) is 5.89. The number of methoxy groups -OCH3 is 2. The van der Waals surface area contributed by atoms with Crippen molar-refractivity contribution in [2.45, 2.75) is 25.7 Å². The lowest BCUT2D eigenvalue weighted by molar-refractivity contribution is -0.116. The van der Waals surface area contributed by atoms with Crippen LogP contribution in [0.2, 0.25) is 0 Å². The molecule has 0 unspecified atom stereocenters. The summed E-state index contributed by atoms with van der Waals surface area (Å²) in [6, 6.07) is 4.31. The Labute approximate surface area is 146 Å². The zero-order valence-corrected chi connectivity index (χ0v) is 14.5. The molecule has 136 valence electrons. The van der Waals surface area contributed by atoms with Gasteiger partial charge in [-0.3, -0.25) is 4.79 Å². The fourth-order valence-electron chi connectivity index (χ4n) is 2.76. The van der Waals surface area contributed by atoms with E-state index in [1.165, 1.54) is 32.4 Å². The van der Waals surface area contributed by atoms with E-state index in [2.05, 4.69) is 10.1 Å². The molecule has 0 radical (unpaired) electrons. The third-order valence-electron chi connectivity index (χ3n) is 4.24. The molecule has 1 N–H and O–H groups in total. The van der Waals surface area contributed by atoms with Crippen LogP contribution < -0.4 is 5.32 Å². The van der Waals surface area contributed by atoms with E-state index in [1.807, 2.05) is 0 Å². The quantitative estimate of drug-likeness (QED) is 0.793. The Hall–Kier alpha value is -2.41. The molecule has 1 aromatic carbocycles. The van der Waals surface area contributed by atoms with E-state index >= 15 is 0 Å². The van der Waals surface area contributed by atoms with Crippen LogP contribution in [0.15, 0.2) is 18.2 Å². The van der Waals surface area contributed by atoms with Gasteiger partial charge in [0.05, 0.1) is 31.0 Å². The smallest absolute Gasteiger partial charge is 0.339 e. The number of rotatable bonds is 6. The minimum absolute atomic E-state index is 0.189. The highest BCUT2D eigenvalue weighted by Crippen LogP contribution is 2.22. The lowest BCUT2D eigenvalue weighted by atomic mass is 9.95. The zero-order chi connectivity index (χ0) is 18.2. The molecule has 1 saturated heterocycles. The van der Waals surface area contributed by atoms with Crippen molar-refractivity contribution in [1.29, 1.82) is 0 Å². The summed E-state index contributed by atoms with van der Waals surface area (Å²) in [6.07, 6.45) is 3.02. The number of hydrogen-bond donors (Lipinski definition) is 1. The van der Waals surface area contributed by atoms with Crippen LogP contribution in [0.4, 0.5) is 5.69 Å². The van der Waals surface area contributed by atoms with Crippen LogP contribution in [-0.2, 0) is 19.0 Å². The number of esters is 2. The Morgan fingerprint density at radius 2 is 1.80 bits per heavy atom. The average Bonchev–Trinajstić information content (AvgIpc) is 2.65. The van der Waals surface area contributed by atoms with Crippen LogP contribution in [-0.4, -0.2) is 45.3 Å². The Kier molecular flexibility index (Phi) is 6.94. The highest BCUT2D eigenvalue weighted by Gasteiger charge is 2.19. The van der Waals surface area contributed by atoms with Crippen molar-refractivity contribution in [3.8, 4) is 0 Å². The summed E-state index contributed by atoms with van der Waals surface area (Å²) < 4.78 is 14.7. The molecule has 2 rings (SSSR count). The largest absolute Gasteiger partial charge is 0.465 e. The van der Waals surface area contributed by atoms with Gasteiger partial charge in [-0.05, 0) is 43.4 Å². The molecule has 7 heteroatoms. The molecular weight excluding hydrogens is 326 g/mol. The summed E-state index contributed by atoms with van der Waals surface area (Å²) in [7, 11) is 2.52. The number of anilines is 1. The molecule has 0 saturated carbocycles. The van der Waals surface area contributed by atoms with Crippen molar-refractivity contribution in [3.63, 3.8) is 0 Å². The fourth-order valence-corrected chi connectivity index (χ4v) is 2.76. The molecular formula is C18H23NO6. The van der Waals surface area contributed by atoms with Crippen LogP contribution in [0.1, 0.15) is 46.4 Å². The summed E-state index contributed by atoms with van der Waals surface area (Å²) in [6.45, 7) is 1.47. The highest BCUT2D eigenvalue weighted by atomic mass is 16.5. The van der Waals surface area contributed by atoms with E-state index in [9.17, 15) is 14.4 Å². The van der Waals surface area contributed by atoms with Gasteiger partial charge in [-0.15, -0.1) is 0 Å². The van der Waals surface area contributed by atoms with Gasteiger partial charge in [0.15, 0.2) is 0 Å². The average molecular weight is 349 g/mol. The van der Waals surface area contributed by atoms with Crippen LogP contribution in [0.3, 0.4) is 0 Å². The SMILES string of the molecule is COC(=O)c1ccc(C(=O)OC)c(NC(=O)CCC2CCOCC2)c1. The maximum atomic E-state index is 12.3. The van der Waals surface area contributed by atoms with Gasteiger partial charge in [0, 0.05) is 19.6 Å². The van der Waals surface area contributed by atoms with E-state index in [1.54, 1.807) is 0 Å². The maximum Gasteiger partial charge on any atom is 0.339 e. The molecule has 1 amide bonds. The zero-order valence-electron chi connectivity index (χ0n) is 14.5. The first-order valence-corrected chi connectivity index (χ1v) is 8.23. The Morgan fingerprint density at radius 1 is 1.12 bits per heavy atom. The van der Waals surface area contributed by atoms with Crippen LogP contribution in [0, 0.1) is 5.92 Å². The highest BCUT2D eigenvalue weighted by molar-refractivity contribution is 6.03. The number of nitrogens with one attached hydrogen (secondary N) is 1. The van der Waals surface area contributed by atoms with Crippen molar-refractivity contribution in [2.24, 2.45) is 5.92 Å². The topological polar surface area (TPSA) is 90.9 Å². The predicted molar refractivity (Wildman–Crippen MR) is 90.5 cm³/mol. The first-order chi connectivity index (χ1) is 12.0. The number of carbonyl (C=O) groups is 3. The van der Waals surface area contributed by atoms with Crippen molar-refractivity contribution >= 4 is 23.5 Å². The van der Waals surface area contributed by atoms with E-state index < -0.39 is 11.9 Å². The number of amides is 1. The van der Waals surface area contributed by atoms with Crippen LogP contribution in [0.25, 0.3) is 0 Å². The summed E-state index contributed by atoms with van der Waals surface area (Å²) in [5.74, 6) is -0.870. The number of carbonyl (C=O) groups excluding carboxylic acids is 3. The molecule has 0 aromatic heterocycles. The Morgan fingerprint density at radius 3 is 2.44 bits per heavy atom. The molecule has 7 nitrogen and oxygen atoms in total.